The SMILES string of the molecule is C1CC[N-]CC1.C1CC[N-]CC1.CC(=O)CC(C)=O.CC(=O)CC(C)=O.[Fe+2]. The Morgan fingerprint density at radius 1 is 0.519 bits per heavy atom. The second-order valence-electron chi connectivity index (χ2n) is 6.62. The van der Waals surface area contributed by atoms with Crippen LogP contribution in [0.2, 0.25) is 0 Å². The molecule has 27 heavy (non-hydrogen) atoms. The molecule has 2 fully saturated rings. The van der Waals surface area contributed by atoms with Gasteiger partial charge in [0.2, 0.25) is 0 Å². The van der Waals surface area contributed by atoms with E-state index in [2.05, 4.69) is 10.6 Å². The van der Waals surface area contributed by atoms with Crippen molar-refractivity contribution in [2.24, 2.45) is 0 Å². The summed E-state index contributed by atoms with van der Waals surface area (Å²) in [5, 5.41) is 8.35. The smallest absolute Gasteiger partial charge is 0.662 e. The van der Waals surface area contributed by atoms with Crippen LogP contribution in [0.3, 0.4) is 0 Å². The fourth-order valence-corrected chi connectivity index (χ4v) is 2.17. The van der Waals surface area contributed by atoms with Gasteiger partial charge in [0, 0.05) is 0 Å². The molecule has 0 atom stereocenters. The molecule has 158 valence electrons. The van der Waals surface area contributed by atoms with Crippen molar-refractivity contribution in [1.82, 2.24) is 0 Å². The van der Waals surface area contributed by atoms with E-state index in [-0.39, 0.29) is 53.0 Å². The number of carbonyl (C=O) groups is 4. The molecule has 0 aromatic rings. The Kier molecular flexibility index (Phi) is 26.4. The standard InChI is InChI=1S/2C5H10N.2C5H8O2.Fe/c2*1-2-4-6-5-3-1;2*1-4(6)3-5(2)7;/h2*1-5H2;2*3H2,1-2H3;/q2*-1;;;+2. The normalized spacial score (nSPS) is 15.0. The van der Waals surface area contributed by atoms with Gasteiger partial charge in [-0.1, -0.05) is 38.5 Å². The van der Waals surface area contributed by atoms with E-state index in [0.717, 1.165) is 26.2 Å². The molecule has 0 N–H and O–H groups in total. The molecular weight excluding hydrogens is 388 g/mol. The van der Waals surface area contributed by atoms with Gasteiger partial charge in [0.1, 0.15) is 23.1 Å². The van der Waals surface area contributed by atoms with Crippen molar-refractivity contribution in [2.45, 2.75) is 79.1 Å². The first kappa shape index (κ1) is 30.8. The Hall–Kier alpha value is -0.881. The number of hydrogen-bond acceptors (Lipinski definition) is 4. The second kappa shape index (κ2) is 23.2. The Morgan fingerprint density at radius 3 is 0.778 bits per heavy atom. The largest absolute Gasteiger partial charge is 2.00 e. The monoisotopic (exact) mass is 424 g/mol. The summed E-state index contributed by atoms with van der Waals surface area (Å²) in [6.45, 7) is 10.1. The predicted molar refractivity (Wildman–Crippen MR) is 106 cm³/mol. The molecule has 7 heteroatoms. The van der Waals surface area contributed by atoms with Crippen LogP contribution >= 0.6 is 0 Å². The second-order valence-corrected chi connectivity index (χ2v) is 6.62. The maximum Gasteiger partial charge on any atom is 2.00 e. The fourth-order valence-electron chi connectivity index (χ4n) is 2.17. The first-order valence-corrected chi connectivity index (χ1v) is 9.50. The molecule has 0 aromatic heterocycles. The van der Waals surface area contributed by atoms with Gasteiger partial charge in [-0.25, -0.2) is 0 Å². The molecule has 0 aliphatic carbocycles. The third-order valence-electron chi connectivity index (χ3n) is 3.26. The topological polar surface area (TPSA) is 96.5 Å². The van der Waals surface area contributed by atoms with Crippen molar-refractivity contribution in [3.63, 3.8) is 0 Å². The van der Waals surface area contributed by atoms with E-state index in [9.17, 15) is 19.2 Å². The van der Waals surface area contributed by atoms with Crippen molar-refractivity contribution in [1.29, 1.82) is 0 Å². The average molecular weight is 424 g/mol. The van der Waals surface area contributed by atoms with Gasteiger partial charge in [-0.3, -0.25) is 19.2 Å². The van der Waals surface area contributed by atoms with Gasteiger partial charge in [-0.05, 0) is 27.7 Å². The van der Waals surface area contributed by atoms with Gasteiger partial charge in [0.05, 0.1) is 12.8 Å². The van der Waals surface area contributed by atoms with Crippen LogP contribution in [0, 0.1) is 0 Å². The van der Waals surface area contributed by atoms with Crippen LogP contribution in [0.5, 0.6) is 0 Å². The summed E-state index contributed by atoms with van der Waals surface area (Å²) in [5.74, 6) is -0.250. The maximum absolute atomic E-state index is 10.0. The molecule has 0 saturated carbocycles. The summed E-state index contributed by atoms with van der Waals surface area (Å²) in [5.41, 5.74) is 0. The van der Waals surface area contributed by atoms with E-state index in [4.69, 9.17) is 0 Å². The van der Waals surface area contributed by atoms with Gasteiger partial charge in [-0.15, -0.1) is 26.2 Å². The summed E-state index contributed by atoms with van der Waals surface area (Å²) in [6.07, 6.45) is 8.31. The molecule has 0 spiro atoms. The minimum Gasteiger partial charge on any atom is -0.662 e. The van der Waals surface area contributed by atoms with E-state index in [0.29, 0.717) is 0 Å². The first-order valence-electron chi connectivity index (χ1n) is 9.50. The summed E-state index contributed by atoms with van der Waals surface area (Å²) in [4.78, 5) is 40.1. The molecule has 0 amide bonds. The number of piperidine rings is 2. The molecule has 0 radical (unpaired) electrons. The van der Waals surface area contributed by atoms with Crippen LogP contribution in [0.25, 0.3) is 10.6 Å². The van der Waals surface area contributed by atoms with Crippen molar-refractivity contribution in [3.05, 3.63) is 10.6 Å². The zero-order valence-electron chi connectivity index (χ0n) is 17.4. The van der Waals surface area contributed by atoms with Crippen LogP contribution in [0.1, 0.15) is 79.1 Å². The Labute approximate surface area is 175 Å². The minimum absolute atomic E-state index is 0. The molecule has 0 aromatic carbocycles. The Bertz CT molecular complexity index is 322. The van der Waals surface area contributed by atoms with Crippen LogP contribution in [-0.2, 0) is 36.2 Å². The molecule has 0 bridgehead atoms. The van der Waals surface area contributed by atoms with Crippen molar-refractivity contribution >= 4 is 23.1 Å². The van der Waals surface area contributed by atoms with Gasteiger partial charge in [0.15, 0.2) is 0 Å². The molecular formula is C20H36FeN2O4. The fraction of sp³-hybridized carbons (Fsp3) is 0.800. The molecule has 2 saturated heterocycles. The van der Waals surface area contributed by atoms with E-state index in [1.165, 1.54) is 66.2 Å². The average Bonchev–Trinajstić information content (AvgIpc) is 2.57. The summed E-state index contributed by atoms with van der Waals surface area (Å²) in [7, 11) is 0. The van der Waals surface area contributed by atoms with Crippen molar-refractivity contribution in [2.75, 3.05) is 26.2 Å². The van der Waals surface area contributed by atoms with Crippen molar-refractivity contribution in [3.8, 4) is 0 Å². The molecule has 6 nitrogen and oxygen atoms in total. The third kappa shape index (κ3) is 36.7. The maximum atomic E-state index is 10.0. The first-order chi connectivity index (χ1) is 12.3. The Morgan fingerprint density at radius 2 is 0.741 bits per heavy atom. The van der Waals surface area contributed by atoms with Gasteiger partial charge >= 0.3 is 17.1 Å². The third-order valence-corrected chi connectivity index (χ3v) is 3.26. The number of carbonyl (C=O) groups excluding carboxylic acids is 4. The van der Waals surface area contributed by atoms with E-state index < -0.39 is 0 Å². The van der Waals surface area contributed by atoms with Crippen LogP contribution in [0.4, 0.5) is 0 Å². The number of nitrogens with zero attached hydrogens (tertiary/aromatic N) is 2. The summed E-state index contributed by atoms with van der Waals surface area (Å²) >= 11 is 0. The predicted octanol–water partition coefficient (Wildman–Crippen LogP) is 4.19. The molecule has 0 unspecified atom stereocenters. The molecule has 2 aliphatic rings. The van der Waals surface area contributed by atoms with Gasteiger partial charge in [0.25, 0.3) is 0 Å². The number of ketones is 4. The van der Waals surface area contributed by atoms with E-state index >= 15 is 0 Å². The van der Waals surface area contributed by atoms with Crippen LogP contribution in [-0.4, -0.2) is 49.3 Å². The van der Waals surface area contributed by atoms with Crippen LogP contribution in [0.15, 0.2) is 0 Å². The number of Topliss-reactive ketones (excluding diaryl/α,β-unsaturated/α-hetero) is 4. The zero-order valence-corrected chi connectivity index (χ0v) is 18.5. The molecule has 2 aliphatic heterocycles. The quantitative estimate of drug-likeness (QED) is 0.499. The minimum atomic E-state index is -0.0625. The van der Waals surface area contributed by atoms with E-state index in [1.54, 1.807) is 0 Å². The van der Waals surface area contributed by atoms with Crippen LogP contribution < -0.4 is 0 Å². The summed E-state index contributed by atoms with van der Waals surface area (Å²) in [6, 6.07) is 0. The molecule has 2 rings (SSSR count). The number of hydrogen-bond donors (Lipinski definition) is 0. The number of rotatable bonds is 4. The zero-order chi connectivity index (χ0) is 20.2. The van der Waals surface area contributed by atoms with Gasteiger partial charge < -0.3 is 10.6 Å². The van der Waals surface area contributed by atoms with E-state index in [1.807, 2.05) is 0 Å². The van der Waals surface area contributed by atoms with Gasteiger partial charge in [-0.2, -0.15) is 0 Å². The molecule has 2 heterocycles. The van der Waals surface area contributed by atoms with Crippen molar-refractivity contribution < 1.29 is 36.2 Å². The Balaban J connectivity index is -0.000000281. The summed E-state index contributed by atoms with van der Waals surface area (Å²) < 4.78 is 0.